The van der Waals surface area contributed by atoms with Gasteiger partial charge in [-0.3, -0.25) is 9.36 Å². The summed E-state index contributed by atoms with van der Waals surface area (Å²) in [4.78, 5) is 23.1. The minimum Gasteiger partial charge on any atom is -0.493 e. The fourth-order valence-corrected chi connectivity index (χ4v) is 4.31. The molecule has 8 nitrogen and oxygen atoms in total. The number of hydrogen-bond donors (Lipinski definition) is 2. The van der Waals surface area contributed by atoms with Gasteiger partial charge in [0.05, 0.1) is 30.9 Å². The number of nitrogens with one attached hydrogen (secondary N) is 1. The highest BCUT2D eigenvalue weighted by atomic mass is 16.5. The van der Waals surface area contributed by atoms with Gasteiger partial charge in [0, 0.05) is 12.1 Å². The van der Waals surface area contributed by atoms with E-state index < -0.39 is 0 Å². The SMILES string of the molecule is COc1ccc(-n2c(N)c(C(=O)N[C@H](C)CCCC(C)C)c3nc4ccccc4nc32)cc1OC. The lowest BCUT2D eigenvalue weighted by atomic mass is 10.0. The lowest BCUT2D eigenvalue weighted by Gasteiger charge is -2.15. The average molecular weight is 476 g/mol. The lowest BCUT2D eigenvalue weighted by Crippen LogP contribution is -2.33. The maximum Gasteiger partial charge on any atom is 0.257 e. The molecule has 0 aliphatic rings. The van der Waals surface area contributed by atoms with Crippen molar-refractivity contribution in [3.8, 4) is 17.2 Å². The minimum atomic E-state index is -0.256. The van der Waals surface area contributed by atoms with Crippen molar-refractivity contribution in [1.29, 1.82) is 0 Å². The van der Waals surface area contributed by atoms with Crippen LogP contribution in [-0.2, 0) is 0 Å². The summed E-state index contributed by atoms with van der Waals surface area (Å²) < 4.78 is 12.6. The number of nitrogens with two attached hydrogens (primary N) is 1. The third-order valence-electron chi connectivity index (χ3n) is 6.15. The van der Waals surface area contributed by atoms with Gasteiger partial charge in [0.15, 0.2) is 17.1 Å². The van der Waals surface area contributed by atoms with Crippen LogP contribution in [0.4, 0.5) is 5.82 Å². The second-order valence-electron chi connectivity index (χ2n) is 9.22. The van der Waals surface area contributed by atoms with Gasteiger partial charge in [-0.25, -0.2) is 9.97 Å². The van der Waals surface area contributed by atoms with Gasteiger partial charge < -0.3 is 20.5 Å². The second kappa shape index (κ2) is 10.2. The van der Waals surface area contributed by atoms with Crippen LogP contribution in [0.1, 0.15) is 50.4 Å². The monoisotopic (exact) mass is 475 g/mol. The summed E-state index contributed by atoms with van der Waals surface area (Å²) in [5, 5.41) is 3.11. The molecule has 1 atom stereocenters. The van der Waals surface area contributed by atoms with Crippen LogP contribution in [0.5, 0.6) is 11.5 Å². The van der Waals surface area contributed by atoms with Gasteiger partial charge in [0.25, 0.3) is 5.91 Å². The molecule has 2 heterocycles. The van der Waals surface area contributed by atoms with E-state index in [2.05, 4.69) is 19.2 Å². The number of anilines is 1. The smallest absolute Gasteiger partial charge is 0.257 e. The number of nitrogens with zero attached hydrogens (tertiary/aromatic N) is 3. The number of amides is 1. The second-order valence-corrected chi connectivity index (χ2v) is 9.22. The first kappa shape index (κ1) is 24.3. The van der Waals surface area contributed by atoms with Gasteiger partial charge in [-0.15, -0.1) is 0 Å². The standard InChI is InChI=1S/C27H33N5O3/c1-16(2)9-8-10-17(3)29-27(33)23-24-26(31-20-12-7-6-11-19(20)30-24)32(25(23)28)18-13-14-21(34-4)22(15-18)35-5/h6-7,11-17H,8-10,28H2,1-5H3,(H,29,33)/t17-/m1/s1. The largest absolute Gasteiger partial charge is 0.493 e. The number of aromatic nitrogens is 3. The molecule has 1 amide bonds. The number of carbonyl (C=O) groups excluding carboxylic acids is 1. The number of nitrogen functional groups attached to an aromatic ring is 1. The summed E-state index contributed by atoms with van der Waals surface area (Å²) in [6.45, 7) is 6.43. The zero-order valence-corrected chi connectivity index (χ0v) is 21.0. The topological polar surface area (TPSA) is 104 Å². The van der Waals surface area contributed by atoms with Gasteiger partial charge in [0.2, 0.25) is 0 Å². The Kier molecular flexibility index (Phi) is 7.10. The molecule has 3 N–H and O–H groups in total. The zero-order chi connectivity index (χ0) is 25.1. The van der Waals surface area contributed by atoms with Crippen molar-refractivity contribution in [1.82, 2.24) is 19.9 Å². The van der Waals surface area contributed by atoms with Crippen LogP contribution in [0.2, 0.25) is 0 Å². The first-order valence-electron chi connectivity index (χ1n) is 11.9. The molecule has 4 aromatic rings. The Bertz CT molecular complexity index is 1360. The van der Waals surface area contributed by atoms with Gasteiger partial charge >= 0.3 is 0 Å². The highest BCUT2D eigenvalue weighted by molar-refractivity contribution is 6.11. The Balaban J connectivity index is 1.83. The zero-order valence-electron chi connectivity index (χ0n) is 21.0. The first-order chi connectivity index (χ1) is 16.8. The summed E-state index contributed by atoms with van der Waals surface area (Å²) in [5.41, 5.74) is 10.0. The molecule has 35 heavy (non-hydrogen) atoms. The van der Waals surface area contributed by atoms with Gasteiger partial charge in [-0.2, -0.15) is 0 Å². The first-order valence-corrected chi connectivity index (χ1v) is 11.9. The predicted octanol–water partition coefficient (Wildman–Crippen LogP) is 5.12. The molecule has 0 spiro atoms. The number of methoxy groups -OCH3 is 2. The molecule has 0 unspecified atom stereocenters. The van der Waals surface area contributed by atoms with E-state index in [9.17, 15) is 4.79 Å². The van der Waals surface area contributed by atoms with Crippen LogP contribution < -0.4 is 20.5 Å². The summed E-state index contributed by atoms with van der Waals surface area (Å²) in [6, 6.07) is 13.0. The number of rotatable bonds is 9. The Labute approximate surface area is 205 Å². The van der Waals surface area contributed by atoms with Gasteiger partial charge in [-0.1, -0.05) is 38.8 Å². The van der Waals surface area contributed by atoms with Crippen molar-refractivity contribution in [2.75, 3.05) is 20.0 Å². The van der Waals surface area contributed by atoms with Crippen molar-refractivity contribution in [2.24, 2.45) is 5.92 Å². The number of carbonyl (C=O) groups is 1. The quantitative estimate of drug-likeness (QED) is 0.348. The van der Waals surface area contributed by atoms with Crippen LogP contribution in [0.15, 0.2) is 42.5 Å². The maximum absolute atomic E-state index is 13.5. The van der Waals surface area contributed by atoms with Crippen LogP contribution >= 0.6 is 0 Å². The van der Waals surface area contributed by atoms with Gasteiger partial charge in [-0.05, 0) is 43.5 Å². The third kappa shape index (κ3) is 4.87. The Morgan fingerprint density at radius 1 is 1.00 bits per heavy atom. The molecule has 2 aromatic carbocycles. The minimum absolute atomic E-state index is 0.00791. The van der Waals surface area contributed by atoms with Crippen molar-refractivity contribution in [2.45, 2.75) is 46.1 Å². The highest BCUT2D eigenvalue weighted by Crippen LogP contribution is 2.35. The predicted molar refractivity (Wildman–Crippen MR) is 140 cm³/mol. The van der Waals surface area contributed by atoms with Crippen molar-refractivity contribution < 1.29 is 14.3 Å². The average Bonchev–Trinajstić information content (AvgIpc) is 3.12. The van der Waals surface area contributed by atoms with Crippen molar-refractivity contribution in [3.05, 3.63) is 48.0 Å². The fourth-order valence-electron chi connectivity index (χ4n) is 4.31. The van der Waals surface area contributed by atoms with Crippen molar-refractivity contribution >= 4 is 33.9 Å². The van der Waals surface area contributed by atoms with E-state index in [-0.39, 0.29) is 17.8 Å². The molecule has 8 heteroatoms. The third-order valence-corrected chi connectivity index (χ3v) is 6.15. The summed E-state index contributed by atoms with van der Waals surface area (Å²) in [5.74, 6) is 1.79. The van der Waals surface area contributed by atoms with Crippen molar-refractivity contribution in [3.63, 3.8) is 0 Å². The maximum atomic E-state index is 13.5. The van der Waals surface area contributed by atoms with Crippen LogP contribution in [0, 0.1) is 5.92 Å². The molecule has 2 aromatic heterocycles. The molecular weight excluding hydrogens is 442 g/mol. The number of hydrogen-bond acceptors (Lipinski definition) is 6. The molecule has 0 aliphatic carbocycles. The Morgan fingerprint density at radius 3 is 2.34 bits per heavy atom. The molecule has 0 saturated carbocycles. The van der Waals surface area contributed by atoms with E-state index in [0.29, 0.717) is 50.9 Å². The Morgan fingerprint density at radius 2 is 1.69 bits per heavy atom. The molecule has 4 rings (SSSR count). The lowest BCUT2D eigenvalue weighted by molar-refractivity contribution is 0.0940. The molecule has 0 aliphatic heterocycles. The molecular formula is C27H33N5O3. The van der Waals surface area contributed by atoms with E-state index >= 15 is 0 Å². The van der Waals surface area contributed by atoms with Crippen LogP contribution in [-0.4, -0.2) is 40.7 Å². The molecule has 0 fully saturated rings. The molecule has 184 valence electrons. The molecule has 0 saturated heterocycles. The highest BCUT2D eigenvalue weighted by Gasteiger charge is 2.26. The van der Waals surface area contributed by atoms with Gasteiger partial charge in [0.1, 0.15) is 16.9 Å². The normalized spacial score (nSPS) is 12.3. The Hall–Kier alpha value is -3.81. The van der Waals surface area contributed by atoms with E-state index in [1.165, 1.54) is 0 Å². The van der Waals surface area contributed by atoms with Crippen LogP contribution in [0.25, 0.3) is 27.9 Å². The van der Waals surface area contributed by atoms with E-state index in [0.717, 1.165) is 19.3 Å². The number of ether oxygens (including phenoxy) is 2. The fraction of sp³-hybridized carbons (Fsp3) is 0.370. The number of benzene rings is 2. The summed E-state index contributed by atoms with van der Waals surface area (Å²) >= 11 is 0. The summed E-state index contributed by atoms with van der Waals surface area (Å²) in [7, 11) is 3.16. The molecule has 0 bridgehead atoms. The molecule has 0 radical (unpaired) electrons. The van der Waals surface area contributed by atoms with Crippen LogP contribution in [0.3, 0.4) is 0 Å². The summed E-state index contributed by atoms with van der Waals surface area (Å²) in [6.07, 6.45) is 3.07. The van der Waals surface area contributed by atoms with E-state index in [4.69, 9.17) is 25.2 Å². The number of fused-ring (bicyclic) bond motifs is 2. The van der Waals surface area contributed by atoms with E-state index in [1.807, 2.05) is 43.3 Å². The number of para-hydroxylation sites is 2. The van der Waals surface area contributed by atoms with E-state index in [1.54, 1.807) is 24.9 Å².